The lowest BCUT2D eigenvalue weighted by Crippen LogP contribution is -2.25. The number of methoxy groups -OCH3 is 1. The summed E-state index contributed by atoms with van der Waals surface area (Å²) in [5.74, 6) is -0.137. The molecule has 0 amide bonds. The molecule has 20 heavy (non-hydrogen) atoms. The van der Waals surface area contributed by atoms with E-state index in [0.29, 0.717) is 16.3 Å². The Morgan fingerprint density at radius 2 is 2.10 bits per heavy atom. The molecule has 0 unspecified atom stereocenters. The van der Waals surface area contributed by atoms with Crippen LogP contribution < -0.4 is 0 Å². The molecule has 1 fully saturated rings. The summed E-state index contributed by atoms with van der Waals surface area (Å²) in [6.07, 6.45) is 4.68. The van der Waals surface area contributed by atoms with Gasteiger partial charge in [0.15, 0.2) is 16.3 Å². The number of esters is 1. The quantitative estimate of drug-likeness (QED) is 0.620. The van der Waals surface area contributed by atoms with E-state index in [1.54, 1.807) is 4.68 Å². The van der Waals surface area contributed by atoms with Crippen LogP contribution in [-0.2, 0) is 9.53 Å². The van der Waals surface area contributed by atoms with E-state index in [9.17, 15) is 4.79 Å². The molecule has 0 N–H and O–H groups in total. The Bertz CT molecular complexity index is 636. The number of fused-ring (bicyclic) bond motifs is 1. The van der Waals surface area contributed by atoms with Crippen LogP contribution in [0.2, 0.25) is 5.15 Å². The van der Waals surface area contributed by atoms with E-state index in [1.165, 1.54) is 13.4 Å². The molecule has 8 heteroatoms. The van der Waals surface area contributed by atoms with Crippen molar-refractivity contribution >= 4 is 28.7 Å². The lowest BCUT2D eigenvalue weighted by molar-refractivity contribution is -0.146. The maximum absolute atomic E-state index is 11.5. The van der Waals surface area contributed by atoms with Crippen LogP contribution in [0.5, 0.6) is 0 Å². The average molecular weight is 296 g/mol. The zero-order valence-corrected chi connectivity index (χ0v) is 11.7. The number of aromatic nitrogens is 5. The van der Waals surface area contributed by atoms with Crippen molar-refractivity contribution in [3.05, 3.63) is 11.5 Å². The normalized spacial score (nSPS) is 22.9. The number of hydrogen-bond acceptors (Lipinski definition) is 6. The van der Waals surface area contributed by atoms with Crippen LogP contribution in [0.15, 0.2) is 6.33 Å². The van der Waals surface area contributed by atoms with Gasteiger partial charge in [0.1, 0.15) is 6.33 Å². The van der Waals surface area contributed by atoms with Gasteiger partial charge in [0.05, 0.1) is 19.1 Å². The van der Waals surface area contributed by atoms with Gasteiger partial charge in [0.25, 0.3) is 0 Å². The minimum atomic E-state index is -0.128. The summed E-state index contributed by atoms with van der Waals surface area (Å²) < 4.78 is 6.58. The number of halogens is 1. The van der Waals surface area contributed by atoms with Crippen LogP contribution in [0, 0.1) is 5.92 Å². The van der Waals surface area contributed by atoms with Gasteiger partial charge in [-0.25, -0.2) is 14.6 Å². The molecule has 2 aromatic heterocycles. The summed E-state index contributed by atoms with van der Waals surface area (Å²) >= 11 is 5.96. The third-order valence-corrected chi connectivity index (χ3v) is 4.07. The van der Waals surface area contributed by atoms with Gasteiger partial charge in [-0.2, -0.15) is 0 Å². The van der Waals surface area contributed by atoms with E-state index >= 15 is 0 Å². The maximum atomic E-state index is 11.5. The van der Waals surface area contributed by atoms with Crippen molar-refractivity contribution in [2.45, 2.75) is 31.7 Å². The average Bonchev–Trinajstić information content (AvgIpc) is 2.92. The first-order valence-electron chi connectivity index (χ1n) is 6.50. The molecule has 1 aliphatic carbocycles. The van der Waals surface area contributed by atoms with Crippen LogP contribution >= 0.6 is 11.6 Å². The summed E-state index contributed by atoms with van der Waals surface area (Å²) in [5, 5.41) is 8.47. The molecule has 0 atom stereocenters. The van der Waals surface area contributed by atoms with Crippen LogP contribution in [0.3, 0.4) is 0 Å². The van der Waals surface area contributed by atoms with E-state index in [0.717, 1.165) is 25.7 Å². The van der Waals surface area contributed by atoms with E-state index in [1.807, 2.05) is 0 Å². The number of hydrogen-bond donors (Lipinski definition) is 0. The molecular weight excluding hydrogens is 282 g/mol. The van der Waals surface area contributed by atoms with Crippen molar-refractivity contribution in [2.24, 2.45) is 5.92 Å². The van der Waals surface area contributed by atoms with Crippen molar-refractivity contribution in [3.8, 4) is 0 Å². The highest BCUT2D eigenvalue weighted by Crippen LogP contribution is 2.33. The number of ether oxygens (including phenoxy) is 1. The standard InChI is InChI=1S/C12H14ClN5O2/c1-20-12(19)7-2-4-8(5-3-7)18-11-9(16-17-18)10(13)14-6-15-11/h6-8H,2-5H2,1H3. The first kappa shape index (κ1) is 13.2. The highest BCUT2D eigenvalue weighted by molar-refractivity contribution is 6.33. The molecule has 0 spiro atoms. The monoisotopic (exact) mass is 295 g/mol. The molecule has 1 aliphatic rings. The summed E-state index contributed by atoms with van der Waals surface area (Å²) in [6.45, 7) is 0. The summed E-state index contributed by atoms with van der Waals surface area (Å²) in [4.78, 5) is 19.6. The van der Waals surface area contributed by atoms with Crippen LogP contribution in [0.4, 0.5) is 0 Å². The largest absolute Gasteiger partial charge is 0.469 e. The Balaban J connectivity index is 1.80. The Hall–Kier alpha value is -1.76. The van der Waals surface area contributed by atoms with Gasteiger partial charge < -0.3 is 4.74 Å². The third kappa shape index (κ3) is 2.22. The summed E-state index contributed by atoms with van der Waals surface area (Å²) in [7, 11) is 1.43. The van der Waals surface area contributed by atoms with Crippen molar-refractivity contribution < 1.29 is 9.53 Å². The highest BCUT2D eigenvalue weighted by atomic mass is 35.5. The number of rotatable bonds is 2. The molecule has 2 heterocycles. The fourth-order valence-electron chi connectivity index (χ4n) is 2.71. The Labute approximate surface area is 120 Å². The molecule has 0 aromatic carbocycles. The molecule has 0 bridgehead atoms. The fraction of sp³-hybridized carbons (Fsp3) is 0.583. The van der Waals surface area contributed by atoms with Gasteiger partial charge in [-0.05, 0) is 25.7 Å². The van der Waals surface area contributed by atoms with Gasteiger partial charge >= 0.3 is 5.97 Å². The molecule has 1 saturated carbocycles. The minimum absolute atomic E-state index is 0.00995. The first-order valence-corrected chi connectivity index (χ1v) is 6.87. The number of carbonyl (C=O) groups is 1. The van der Waals surface area contributed by atoms with E-state index in [2.05, 4.69) is 20.3 Å². The Morgan fingerprint density at radius 1 is 1.35 bits per heavy atom. The predicted octanol–water partition coefficient (Wildman–Crippen LogP) is 1.78. The lowest BCUT2D eigenvalue weighted by Gasteiger charge is -2.26. The number of carbonyl (C=O) groups excluding carboxylic acids is 1. The highest BCUT2D eigenvalue weighted by Gasteiger charge is 2.29. The second kappa shape index (κ2) is 5.32. The van der Waals surface area contributed by atoms with E-state index in [-0.39, 0.29) is 17.9 Å². The van der Waals surface area contributed by atoms with Crippen molar-refractivity contribution in [2.75, 3.05) is 7.11 Å². The van der Waals surface area contributed by atoms with Gasteiger partial charge in [-0.1, -0.05) is 16.8 Å². The van der Waals surface area contributed by atoms with Gasteiger partial charge in [0.2, 0.25) is 0 Å². The molecule has 7 nitrogen and oxygen atoms in total. The molecule has 106 valence electrons. The third-order valence-electron chi connectivity index (χ3n) is 3.79. The van der Waals surface area contributed by atoms with Crippen LogP contribution in [0.1, 0.15) is 31.7 Å². The van der Waals surface area contributed by atoms with Crippen LogP contribution in [-0.4, -0.2) is 38.0 Å². The lowest BCUT2D eigenvalue weighted by atomic mass is 9.86. The van der Waals surface area contributed by atoms with Gasteiger partial charge in [-0.3, -0.25) is 4.79 Å². The molecule has 0 radical (unpaired) electrons. The summed E-state index contributed by atoms with van der Waals surface area (Å²) in [5.41, 5.74) is 1.16. The van der Waals surface area contributed by atoms with E-state index in [4.69, 9.17) is 16.3 Å². The van der Waals surface area contributed by atoms with Crippen molar-refractivity contribution in [1.29, 1.82) is 0 Å². The smallest absolute Gasteiger partial charge is 0.308 e. The topological polar surface area (TPSA) is 82.8 Å². The van der Waals surface area contributed by atoms with Gasteiger partial charge in [-0.15, -0.1) is 5.10 Å². The molecular formula is C12H14ClN5O2. The van der Waals surface area contributed by atoms with Crippen LogP contribution in [0.25, 0.3) is 11.2 Å². The minimum Gasteiger partial charge on any atom is -0.469 e. The Kier molecular flexibility index (Phi) is 3.52. The first-order chi connectivity index (χ1) is 9.70. The second-order valence-electron chi connectivity index (χ2n) is 4.90. The summed E-state index contributed by atoms with van der Waals surface area (Å²) in [6, 6.07) is 0.187. The molecule has 0 aliphatic heterocycles. The zero-order chi connectivity index (χ0) is 14.1. The number of nitrogens with zero attached hydrogens (tertiary/aromatic N) is 5. The van der Waals surface area contributed by atoms with Crippen molar-refractivity contribution in [3.63, 3.8) is 0 Å². The second-order valence-corrected chi connectivity index (χ2v) is 5.26. The maximum Gasteiger partial charge on any atom is 0.308 e. The van der Waals surface area contributed by atoms with E-state index < -0.39 is 0 Å². The predicted molar refractivity (Wildman–Crippen MR) is 71.1 cm³/mol. The van der Waals surface area contributed by atoms with Gasteiger partial charge in [0, 0.05) is 0 Å². The Morgan fingerprint density at radius 3 is 2.80 bits per heavy atom. The fourth-order valence-corrected chi connectivity index (χ4v) is 2.87. The molecule has 0 saturated heterocycles. The van der Waals surface area contributed by atoms with Crippen molar-refractivity contribution in [1.82, 2.24) is 25.0 Å². The zero-order valence-electron chi connectivity index (χ0n) is 11.0. The molecule has 3 rings (SSSR count). The molecule has 2 aromatic rings. The SMILES string of the molecule is COC(=O)C1CCC(n2nnc3c(Cl)ncnc32)CC1.